The Balaban J connectivity index is 1.78. The summed E-state index contributed by atoms with van der Waals surface area (Å²) in [7, 11) is 1.57. The van der Waals surface area contributed by atoms with Crippen molar-refractivity contribution in [2.24, 2.45) is 5.41 Å². The molecule has 0 atom stereocenters. The van der Waals surface area contributed by atoms with Crippen molar-refractivity contribution in [1.82, 2.24) is 10.1 Å². The standard InChI is InChI=1S/C22H26N4O3/c1-22(2,3)11-18-19-14(10-16(12-5-6-12)25-21(19)29-26-18)20(27)24-17-9-13(28-4)7-8-15(17)23/h7-10,12H,5-6,11,23H2,1-4H3,(H,24,27). The molecule has 0 bridgehead atoms. The second-order valence-corrected chi connectivity index (χ2v) is 8.82. The minimum absolute atomic E-state index is 0.00998. The number of aromatic nitrogens is 2. The lowest BCUT2D eigenvalue weighted by Crippen LogP contribution is -2.16. The smallest absolute Gasteiger partial charge is 0.259 e. The fourth-order valence-electron chi connectivity index (χ4n) is 3.38. The molecule has 1 aliphatic carbocycles. The summed E-state index contributed by atoms with van der Waals surface area (Å²) in [6.07, 6.45) is 2.82. The lowest BCUT2D eigenvalue weighted by Gasteiger charge is -2.16. The van der Waals surface area contributed by atoms with Crippen LogP contribution in [0.1, 0.15) is 61.3 Å². The third-order valence-electron chi connectivity index (χ3n) is 4.98. The SMILES string of the molecule is COc1ccc(N)c(NC(=O)c2cc(C3CC3)nc3onc(CC(C)(C)C)c23)c1. The third-order valence-corrected chi connectivity index (χ3v) is 4.98. The summed E-state index contributed by atoms with van der Waals surface area (Å²) in [4.78, 5) is 17.9. The predicted octanol–water partition coefficient (Wildman–Crippen LogP) is 4.53. The van der Waals surface area contributed by atoms with Crippen LogP contribution in [0.5, 0.6) is 5.75 Å². The number of nitrogens with one attached hydrogen (secondary N) is 1. The molecule has 0 spiro atoms. The molecule has 2 heterocycles. The quantitative estimate of drug-likeness (QED) is 0.616. The fourth-order valence-corrected chi connectivity index (χ4v) is 3.38. The Labute approximate surface area is 169 Å². The van der Waals surface area contributed by atoms with Gasteiger partial charge in [0.2, 0.25) is 0 Å². The molecule has 4 rings (SSSR count). The van der Waals surface area contributed by atoms with Crippen molar-refractivity contribution in [2.75, 3.05) is 18.2 Å². The van der Waals surface area contributed by atoms with Gasteiger partial charge in [-0.2, -0.15) is 0 Å². The van der Waals surface area contributed by atoms with Gasteiger partial charge in [0.05, 0.1) is 35.1 Å². The number of benzene rings is 1. The zero-order valence-electron chi connectivity index (χ0n) is 17.2. The number of nitrogen functional groups attached to an aromatic ring is 1. The van der Waals surface area contributed by atoms with E-state index in [-0.39, 0.29) is 11.3 Å². The van der Waals surface area contributed by atoms with E-state index >= 15 is 0 Å². The van der Waals surface area contributed by atoms with Crippen LogP contribution in [0.25, 0.3) is 11.1 Å². The summed E-state index contributed by atoms with van der Waals surface area (Å²) in [5.74, 6) is 0.730. The van der Waals surface area contributed by atoms with E-state index in [1.165, 1.54) is 0 Å². The van der Waals surface area contributed by atoms with Crippen LogP contribution in [0, 0.1) is 5.41 Å². The molecule has 152 valence electrons. The van der Waals surface area contributed by atoms with Crippen LogP contribution in [-0.2, 0) is 6.42 Å². The molecule has 29 heavy (non-hydrogen) atoms. The highest BCUT2D eigenvalue weighted by Gasteiger charge is 2.30. The molecule has 1 fully saturated rings. The number of carbonyl (C=O) groups is 1. The molecule has 0 radical (unpaired) electrons. The number of methoxy groups -OCH3 is 1. The molecular formula is C22H26N4O3. The maximum absolute atomic E-state index is 13.3. The summed E-state index contributed by atoms with van der Waals surface area (Å²) in [6.45, 7) is 6.36. The van der Waals surface area contributed by atoms with Gasteiger partial charge in [0, 0.05) is 17.7 Å². The molecule has 0 unspecified atom stereocenters. The molecule has 0 saturated heterocycles. The summed E-state index contributed by atoms with van der Waals surface area (Å²) >= 11 is 0. The minimum Gasteiger partial charge on any atom is -0.497 e. The topological polar surface area (TPSA) is 103 Å². The molecular weight excluding hydrogens is 368 g/mol. The summed E-state index contributed by atoms with van der Waals surface area (Å²) in [6, 6.07) is 7.03. The molecule has 0 aliphatic heterocycles. The van der Waals surface area contributed by atoms with Crippen molar-refractivity contribution in [3.63, 3.8) is 0 Å². The zero-order valence-corrected chi connectivity index (χ0v) is 17.2. The van der Waals surface area contributed by atoms with Gasteiger partial charge in [0.1, 0.15) is 5.75 Å². The van der Waals surface area contributed by atoms with Crippen LogP contribution in [0.2, 0.25) is 0 Å². The van der Waals surface area contributed by atoms with E-state index in [1.54, 1.807) is 25.3 Å². The predicted molar refractivity (Wildman–Crippen MR) is 112 cm³/mol. The highest BCUT2D eigenvalue weighted by molar-refractivity contribution is 6.13. The number of nitrogens with zero attached hydrogens (tertiary/aromatic N) is 2. The molecule has 1 amide bonds. The van der Waals surface area contributed by atoms with Crippen LogP contribution in [-0.4, -0.2) is 23.2 Å². The number of fused-ring (bicyclic) bond motifs is 1. The van der Waals surface area contributed by atoms with Gasteiger partial charge in [-0.05, 0) is 42.9 Å². The monoisotopic (exact) mass is 394 g/mol. The molecule has 1 aliphatic rings. The molecule has 7 nitrogen and oxygen atoms in total. The van der Waals surface area contributed by atoms with Gasteiger partial charge >= 0.3 is 0 Å². The number of rotatable bonds is 5. The average molecular weight is 394 g/mol. The first-order valence-corrected chi connectivity index (χ1v) is 9.79. The van der Waals surface area contributed by atoms with Gasteiger partial charge in [0.15, 0.2) is 0 Å². The second-order valence-electron chi connectivity index (χ2n) is 8.82. The number of amides is 1. The van der Waals surface area contributed by atoms with E-state index in [2.05, 4.69) is 36.2 Å². The van der Waals surface area contributed by atoms with Crippen molar-refractivity contribution in [2.45, 2.75) is 46.0 Å². The van der Waals surface area contributed by atoms with Crippen molar-refractivity contribution in [3.8, 4) is 5.75 Å². The number of nitrogens with two attached hydrogens (primary N) is 1. The first-order valence-electron chi connectivity index (χ1n) is 9.79. The molecule has 3 aromatic rings. The van der Waals surface area contributed by atoms with Gasteiger partial charge < -0.3 is 20.3 Å². The van der Waals surface area contributed by atoms with E-state index in [4.69, 9.17) is 15.0 Å². The van der Waals surface area contributed by atoms with Crippen LogP contribution >= 0.6 is 0 Å². The lowest BCUT2D eigenvalue weighted by atomic mass is 9.89. The molecule has 2 aromatic heterocycles. The van der Waals surface area contributed by atoms with Crippen molar-refractivity contribution in [3.05, 3.63) is 41.2 Å². The molecule has 3 N–H and O–H groups in total. The van der Waals surface area contributed by atoms with Gasteiger partial charge in [-0.3, -0.25) is 4.79 Å². The maximum atomic E-state index is 13.3. The Morgan fingerprint density at radius 1 is 1.31 bits per heavy atom. The first-order chi connectivity index (χ1) is 13.7. The van der Waals surface area contributed by atoms with Gasteiger partial charge in [-0.15, -0.1) is 0 Å². The van der Waals surface area contributed by atoms with E-state index in [9.17, 15) is 4.79 Å². The summed E-state index contributed by atoms with van der Waals surface area (Å²) in [5, 5.41) is 7.82. The number of carbonyl (C=O) groups excluding carboxylic acids is 1. The third kappa shape index (κ3) is 4.04. The van der Waals surface area contributed by atoms with E-state index in [0.29, 0.717) is 46.1 Å². The van der Waals surface area contributed by atoms with Crippen molar-refractivity contribution in [1.29, 1.82) is 0 Å². The highest BCUT2D eigenvalue weighted by atomic mass is 16.5. The van der Waals surface area contributed by atoms with Crippen LogP contribution in [0.15, 0.2) is 28.8 Å². The number of anilines is 2. The first kappa shape index (κ1) is 19.2. The van der Waals surface area contributed by atoms with Crippen LogP contribution < -0.4 is 15.8 Å². The number of hydrogen-bond acceptors (Lipinski definition) is 6. The molecule has 7 heteroatoms. The highest BCUT2D eigenvalue weighted by Crippen LogP contribution is 2.41. The zero-order chi connectivity index (χ0) is 20.8. The van der Waals surface area contributed by atoms with Crippen molar-refractivity contribution >= 4 is 28.4 Å². The van der Waals surface area contributed by atoms with E-state index < -0.39 is 0 Å². The van der Waals surface area contributed by atoms with Gasteiger partial charge in [-0.1, -0.05) is 25.9 Å². The molecule has 1 saturated carbocycles. The Kier molecular flexibility index (Phi) is 4.68. The summed E-state index contributed by atoms with van der Waals surface area (Å²) in [5.41, 5.74) is 9.55. The Morgan fingerprint density at radius 3 is 2.72 bits per heavy atom. The number of hydrogen-bond donors (Lipinski definition) is 2. The molecule has 1 aromatic carbocycles. The summed E-state index contributed by atoms with van der Waals surface area (Å²) < 4.78 is 10.8. The normalized spacial score (nSPS) is 14.2. The van der Waals surface area contributed by atoms with Crippen LogP contribution in [0.3, 0.4) is 0 Å². The van der Waals surface area contributed by atoms with Crippen molar-refractivity contribution < 1.29 is 14.1 Å². The minimum atomic E-state index is -0.266. The Morgan fingerprint density at radius 2 is 2.07 bits per heavy atom. The van der Waals surface area contributed by atoms with Gasteiger partial charge in [0.25, 0.3) is 11.6 Å². The van der Waals surface area contributed by atoms with Crippen LogP contribution in [0.4, 0.5) is 11.4 Å². The maximum Gasteiger partial charge on any atom is 0.259 e. The Hall–Kier alpha value is -3.09. The van der Waals surface area contributed by atoms with E-state index in [1.807, 2.05) is 6.07 Å². The number of pyridine rings is 1. The Bertz CT molecular complexity index is 1080. The lowest BCUT2D eigenvalue weighted by molar-refractivity contribution is 0.102. The second kappa shape index (κ2) is 7.06. The van der Waals surface area contributed by atoms with Gasteiger partial charge in [-0.25, -0.2) is 4.98 Å². The fraction of sp³-hybridized carbons (Fsp3) is 0.409. The average Bonchev–Trinajstić information content (AvgIpc) is 3.44. The number of ether oxygens (including phenoxy) is 1. The van der Waals surface area contributed by atoms with E-state index in [0.717, 1.165) is 24.2 Å². The largest absolute Gasteiger partial charge is 0.497 e.